The van der Waals surface area contributed by atoms with E-state index in [4.69, 9.17) is 0 Å². The third-order valence-corrected chi connectivity index (χ3v) is 5.11. The zero-order valence-corrected chi connectivity index (χ0v) is 16.1. The highest BCUT2D eigenvalue weighted by molar-refractivity contribution is 4.89. The van der Waals surface area contributed by atoms with Crippen LogP contribution >= 0.6 is 0 Å². The topological polar surface area (TPSA) is 19.7 Å². The van der Waals surface area contributed by atoms with Crippen molar-refractivity contribution in [3.63, 3.8) is 0 Å². The van der Waals surface area contributed by atoms with E-state index in [1.807, 2.05) is 0 Å². The van der Waals surface area contributed by atoms with Crippen molar-refractivity contribution in [3.05, 3.63) is 18.2 Å². The summed E-state index contributed by atoms with van der Waals surface area (Å²) in [7, 11) is 2.18. The summed E-state index contributed by atoms with van der Waals surface area (Å²) in [6.45, 7) is 4.59. The molecule has 2 nitrogen and oxygen atoms in total. The summed E-state index contributed by atoms with van der Waals surface area (Å²) in [6, 6.07) is 0. The second-order valence-electron chi connectivity index (χ2n) is 7.27. The monoisotopic (exact) mass is 321 g/mol. The molecule has 0 saturated heterocycles. The van der Waals surface area contributed by atoms with Crippen LogP contribution in [0.5, 0.6) is 0 Å². The third-order valence-electron chi connectivity index (χ3n) is 5.11. The normalized spacial score (nSPS) is 12.7. The van der Waals surface area contributed by atoms with Gasteiger partial charge in [0.25, 0.3) is 5.82 Å². The minimum atomic E-state index is 0.729. The van der Waals surface area contributed by atoms with Crippen molar-refractivity contribution < 1.29 is 4.57 Å². The molecule has 0 saturated carbocycles. The lowest BCUT2D eigenvalue weighted by Gasteiger charge is -2.13. The van der Waals surface area contributed by atoms with E-state index in [-0.39, 0.29) is 0 Å². The number of aromatic amines is 1. The van der Waals surface area contributed by atoms with Crippen LogP contribution in [0.15, 0.2) is 12.4 Å². The molecule has 0 aliphatic rings. The van der Waals surface area contributed by atoms with Crippen LogP contribution in [-0.4, -0.2) is 4.98 Å². The lowest BCUT2D eigenvalue weighted by molar-refractivity contribution is -0.679. The Balaban J connectivity index is 2.23. The molecule has 23 heavy (non-hydrogen) atoms. The molecule has 1 atom stereocenters. The number of aryl methyl sites for hydroxylation is 1. The summed E-state index contributed by atoms with van der Waals surface area (Å²) in [5, 5.41) is 0. The van der Waals surface area contributed by atoms with E-state index >= 15 is 0 Å². The molecule has 1 aromatic rings. The van der Waals surface area contributed by atoms with Gasteiger partial charge < -0.3 is 0 Å². The van der Waals surface area contributed by atoms with Crippen LogP contribution in [0, 0.1) is 0 Å². The standard InChI is InChI=1S/C21H40N2/c1-4-6-8-10-11-12-13-15-17-20(16-14-9-7-5-2)21-22-18-19-23(21)3/h18-20H,4-17H2,1-3H3/p+1/t20-/m0/s1. The first-order valence-electron chi connectivity index (χ1n) is 10.3. The van der Waals surface area contributed by atoms with Gasteiger partial charge in [0, 0.05) is 0 Å². The molecule has 0 spiro atoms. The van der Waals surface area contributed by atoms with Crippen LogP contribution in [0.4, 0.5) is 0 Å². The average Bonchev–Trinajstić information content (AvgIpc) is 2.98. The maximum atomic E-state index is 3.48. The molecule has 0 unspecified atom stereocenters. The molecule has 0 aliphatic heterocycles. The van der Waals surface area contributed by atoms with Crippen molar-refractivity contribution in [2.45, 2.75) is 110 Å². The average molecular weight is 322 g/mol. The maximum absolute atomic E-state index is 3.48. The van der Waals surface area contributed by atoms with E-state index in [0.29, 0.717) is 0 Å². The van der Waals surface area contributed by atoms with Crippen LogP contribution in [0.3, 0.4) is 0 Å². The number of H-pyrrole nitrogens is 1. The molecule has 1 N–H and O–H groups in total. The van der Waals surface area contributed by atoms with E-state index in [0.717, 1.165) is 5.92 Å². The fraction of sp³-hybridized carbons (Fsp3) is 0.857. The molecular formula is C21H41N2+. The second kappa shape index (κ2) is 13.6. The number of rotatable bonds is 15. The minimum absolute atomic E-state index is 0.729. The molecule has 1 heterocycles. The fourth-order valence-electron chi connectivity index (χ4n) is 3.58. The van der Waals surface area contributed by atoms with Gasteiger partial charge in [0.2, 0.25) is 0 Å². The van der Waals surface area contributed by atoms with E-state index in [1.54, 1.807) is 0 Å². The van der Waals surface area contributed by atoms with Crippen LogP contribution in [0.2, 0.25) is 0 Å². The van der Waals surface area contributed by atoms with Crippen molar-refractivity contribution in [2.24, 2.45) is 7.05 Å². The van der Waals surface area contributed by atoms with E-state index in [9.17, 15) is 0 Å². The SMILES string of the molecule is CCCCCCCCCC[C@H](CCCCCC)c1[nH]cc[n+]1C. The van der Waals surface area contributed by atoms with Gasteiger partial charge in [-0.25, -0.2) is 9.55 Å². The predicted octanol–water partition coefficient (Wildman–Crippen LogP) is 6.42. The Morgan fingerprint density at radius 3 is 1.74 bits per heavy atom. The quantitative estimate of drug-likeness (QED) is 0.284. The van der Waals surface area contributed by atoms with E-state index in [1.165, 1.54) is 95.7 Å². The Morgan fingerprint density at radius 2 is 1.26 bits per heavy atom. The number of hydrogen-bond acceptors (Lipinski definition) is 0. The van der Waals surface area contributed by atoms with Gasteiger partial charge >= 0.3 is 0 Å². The van der Waals surface area contributed by atoms with Gasteiger partial charge in [-0.1, -0.05) is 90.9 Å². The summed E-state index contributed by atoms with van der Waals surface area (Å²) < 4.78 is 2.29. The van der Waals surface area contributed by atoms with Gasteiger partial charge in [-0.15, -0.1) is 0 Å². The molecule has 134 valence electrons. The van der Waals surface area contributed by atoms with E-state index in [2.05, 4.69) is 42.8 Å². The third kappa shape index (κ3) is 9.17. The van der Waals surface area contributed by atoms with Crippen molar-refractivity contribution in [2.75, 3.05) is 0 Å². The highest BCUT2D eigenvalue weighted by atomic mass is 15.0. The second-order valence-corrected chi connectivity index (χ2v) is 7.27. The number of aromatic nitrogens is 2. The van der Waals surface area contributed by atoms with Gasteiger partial charge in [-0.05, 0) is 12.8 Å². The van der Waals surface area contributed by atoms with Crippen LogP contribution in [-0.2, 0) is 7.05 Å². The molecule has 2 heteroatoms. The number of nitrogens with zero attached hydrogens (tertiary/aromatic N) is 1. The molecule has 1 rings (SSSR count). The lowest BCUT2D eigenvalue weighted by Crippen LogP contribution is -2.32. The van der Waals surface area contributed by atoms with Crippen molar-refractivity contribution in [3.8, 4) is 0 Å². The molecule has 0 aliphatic carbocycles. The number of hydrogen-bond donors (Lipinski definition) is 1. The smallest absolute Gasteiger partial charge is 0.247 e. The summed E-state index contributed by atoms with van der Waals surface area (Å²) in [4.78, 5) is 3.48. The van der Waals surface area contributed by atoms with Crippen LogP contribution < -0.4 is 4.57 Å². The molecule has 1 aromatic heterocycles. The van der Waals surface area contributed by atoms with Crippen molar-refractivity contribution >= 4 is 0 Å². The van der Waals surface area contributed by atoms with Gasteiger partial charge in [-0.2, -0.15) is 0 Å². The van der Waals surface area contributed by atoms with Crippen molar-refractivity contribution in [1.82, 2.24) is 4.98 Å². The zero-order chi connectivity index (χ0) is 16.8. The Kier molecular flexibility index (Phi) is 12.0. The fourth-order valence-corrected chi connectivity index (χ4v) is 3.58. The summed E-state index contributed by atoms with van der Waals surface area (Å²) in [5.74, 6) is 2.16. The predicted molar refractivity (Wildman–Crippen MR) is 101 cm³/mol. The van der Waals surface area contributed by atoms with Gasteiger partial charge in [-0.3, -0.25) is 0 Å². The van der Waals surface area contributed by atoms with E-state index < -0.39 is 0 Å². The largest absolute Gasteiger partial charge is 0.257 e. The molecule has 0 amide bonds. The summed E-state index contributed by atoms with van der Waals surface area (Å²) in [5.41, 5.74) is 0. The highest BCUT2D eigenvalue weighted by Crippen LogP contribution is 2.25. The Bertz CT molecular complexity index is 370. The Labute approximate surface area is 145 Å². The zero-order valence-electron chi connectivity index (χ0n) is 16.1. The lowest BCUT2D eigenvalue weighted by atomic mass is 9.93. The van der Waals surface area contributed by atoms with Gasteiger partial charge in [0.15, 0.2) is 0 Å². The Morgan fingerprint density at radius 1 is 0.783 bits per heavy atom. The number of imidazole rings is 1. The Hall–Kier alpha value is -0.790. The first-order valence-corrected chi connectivity index (χ1v) is 10.3. The summed E-state index contributed by atoms with van der Waals surface area (Å²) >= 11 is 0. The first kappa shape index (κ1) is 20.3. The van der Waals surface area contributed by atoms with Crippen LogP contribution in [0.1, 0.15) is 115 Å². The van der Waals surface area contributed by atoms with Gasteiger partial charge in [0.05, 0.1) is 13.0 Å². The number of nitrogens with one attached hydrogen (secondary N) is 1. The maximum Gasteiger partial charge on any atom is 0.257 e. The van der Waals surface area contributed by atoms with Crippen molar-refractivity contribution in [1.29, 1.82) is 0 Å². The highest BCUT2D eigenvalue weighted by Gasteiger charge is 2.20. The molecule has 0 fully saturated rings. The first-order chi connectivity index (χ1) is 11.3. The number of unbranched alkanes of at least 4 members (excludes halogenated alkanes) is 10. The molecular weight excluding hydrogens is 280 g/mol. The van der Waals surface area contributed by atoms with Gasteiger partial charge in [0.1, 0.15) is 12.4 Å². The molecule has 0 bridgehead atoms. The molecule has 0 aromatic carbocycles. The minimum Gasteiger partial charge on any atom is -0.247 e. The molecule has 0 radical (unpaired) electrons. The summed E-state index contributed by atoms with van der Waals surface area (Å²) in [6.07, 6.45) is 23.8. The van der Waals surface area contributed by atoms with Crippen LogP contribution in [0.25, 0.3) is 0 Å².